The lowest BCUT2D eigenvalue weighted by Crippen LogP contribution is -2.47. The molecule has 5 heteroatoms. The molecule has 2 atom stereocenters. The van der Waals surface area contributed by atoms with Crippen molar-refractivity contribution in [2.45, 2.75) is 19.1 Å². The van der Waals surface area contributed by atoms with Crippen LogP contribution in [0.25, 0.3) is 10.9 Å². The highest BCUT2D eigenvalue weighted by Gasteiger charge is 2.25. The molecule has 1 aromatic heterocycles. The van der Waals surface area contributed by atoms with Crippen LogP contribution in [0.15, 0.2) is 30.5 Å². The van der Waals surface area contributed by atoms with E-state index in [1.165, 1.54) is 0 Å². The van der Waals surface area contributed by atoms with Crippen LogP contribution in [0.4, 0.5) is 5.69 Å². The molecule has 3 nitrogen and oxygen atoms in total. The highest BCUT2D eigenvalue weighted by molar-refractivity contribution is 6.31. The van der Waals surface area contributed by atoms with Gasteiger partial charge in [0.05, 0.1) is 23.6 Å². The standard InChI is InChI=1S/C15H16Cl2N2O/c1-10-8-19(9-12(7-16)20-10)15-4-5-18-14-6-11(17)2-3-13(14)15/h2-6,10,12H,7-9H2,1H3. The number of morpholine rings is 1. The van der Waals surface area contributed by atoms with Gasteiger partial charge in [0.2, 0.25) is 0 Å². The number of hydrogen-bond donors (Lipinski definition) is 0. The lowest BCUT2D eigenvalue weighted by atomic mass is 10.1. The second kappa shape index (κ2) is 5.76. The van der Waals surface area contributed by atoms with Crippen molar-refractivity contribution in [3.8, 4) is 0 Å². The average Bonchev–Trinajstić information content (AvgIpc) is 2.45. The molecular weight excluding hydrogens is 295 g/mol. The first-order valence-corrected chi connectivity index (χ1v) is 7.59. The quantitative estimate of drug-likeness (QED) is 0.790. The number of ether oxygens (including phenoxy) is 1. The summed E-state index contributed by atoms with van der Waals surface area (Å²) in [5, 5.41) is 1.82. The van der Waals surface area contributed by atoms with E-state index < -0.39 is 0 Å². The fraction of sp³-hybridized carbons (Fsp3) is 0.400. The number of hydrogen-bond acceptors (Lipinski definition) is 3. The maximum absolute atomic E-state index is 6.03. The van der Waals surface area contributed by atoms with Crippen LogP contribution in [0.5, 0.6) is 0 Å². The van der Waals surface area contributed by atoms with Gasteiger partial charge in [-0.05, 0) is 31.2 Å². The SMILES string of the molecule is CC1CN(c2ccnc3cc(Cl)ccc23)CC(CCl)O1. The van der Waals surface area contributed by atoms with Gasteiger partial charge in [0, 0.05) is 35.4 Å². The lowest BCUT2D eigenvalue weighted by molar-refractivity contribution is -0.00324. The first kappa shape index (κ1) is 13.9. The summed E-state index contributed by atoms with van der Waals surface area (Å²) in [5.41, 5.74) is 2.08. The third-order valence-corrected chi connectivity index (χ3v) is 4.10. The zero-order valence-corrected chi connectivity index (χ0v) is 12.7. The second-order valence-electron chi connectivity index (χ2n) is 5.12. The zero-order valence-electron chi connectivity index (χ0n) is 11.2. The van der Waals surface area contributed by atoms with Crippen LogP contribution in [-0.2, 0) is 4.74 Å². The summed E-state index contributed by atoms with van der Waals surface area (Å²) in [4.78, 5) is 6.71. The zero-order chi connectivity index (χ0) is 14.1. The molecule has 20 heavy (non-hydrogen) atoms. The van der Waals surface area contributed by atoms with Gasteiger partial charge in [-0.3, -0.25) is 4.98 Å². The molecule has 2 aromatic rings. The molecule has 2 unspecified atom stereocenters. The molecular formula is C15H16Cl2N2O. The third-order valence-electron chi connectivity index (χ3n) is 3.52. The molecule has 106 valence electrons. The molecule has 1 aromatic carbocycles. The van der Waals surface area contributed by atoms with Gasteiger partial charge in [0.15, 0.2) is 0 Å². The summed E-state index contributed by atoms with van der Waals surface area (Å²) in [6.07, 6.45) is 2.06. The molecule has 0 N–H and O–H groups in total. The molecule has 0 radical (unpaired) electrons. The van der Waals surface area contributed by atoms with E-state index in [9.17, 15) is 0 Å². The minimum absolute atomic E-state index is 0.0657. The molecule has 1 saturated heterocycles. The molecule has 1 fully saturated rings. The first-order valence-electron chi connectivity index (χ1n) is 6.68. The highest BCUT2D eigenvalue weighted by Crippen LogP contribution is 2.29. The van der Waals surface area contributed by atoms with Crippen LogP contribution in [0.3, 0.4) is 0 Å². The number of benzene rings is 1. The van der Waals surface area contributed by atoms with Gasteiger partial charge in [-0.15, -0.1) is 11.6 Å². The molecule has 0 amide bonds. The number of nitrogens with zero attached hydrogens (tertiary/aromatic N) is 2. The van der Waals surface area contributed by atoms with E-state index in [4.69, 9.17) is 27.9 Å². The fourth-order valence-corrected chi connectivity index (χ4v) is 3.05. The van der Waals surface area contributed by atoms with Crippen molar-refractivity contribution in [2.75, 3.05) is 23.9 Å². The first-order chi connectivity index (χ1) is 9.67. The van der Waals surface area contributed by atoms with Gasteiger partial charge >= 0.3 is 0 Å². The van der Waals surface area contributed by atoms with Gasteiger partial charge in [-0.2, -0.15) is 0 Å². The van der Waals surface area contributed by atoms with E-state index in [1.54, 1.807) is 0 Å². The van der Waals surface area contributed by atoms with Crippen LogP contribution < -0.4 is 4.90 Å². The van der Waals surface area contributed by atoms with E-state index in [0.717, 1.165) is 29.7 Å². The summed E-state index contributed by atoms with van der Waals surface area (Å²) < 4.78 is 5.81. The number of aromatic nitrogens is 1. The topological polar surface area (TPSA) is 25.4 Å². The predicted octanol–water partition coefficient (Wildman–Crippen LogP) is 3.72. The van der Waals surface area contributed by atoms with E-state index in [2.05, 4.69) is 16.8 Å². The van der Waals surface area contributed by atoms with Crippen molar-refractivity contribution in [1.82, 2.24) is 4.98 Å². The molecule has 3 rings (SSSR count). The number of pyridine rings is 1. The molecule has 0 bridgehead atoms. The summed E-state index contributed by atoms with van der Waals surface area (Å²) in [6, 6.07) is 7.86. The third kappa shape index (κ3) is 2.71. The van der Waals surface area contributed by atoms with Crippen molar-refractivity contribution in [3.63, 3.8) is 0 Å². The minimum Gasteiger partial charge on any atom is -0.370 e. The predicted molar refractivity (Wildman–Crippen MR) is 84.0 cm³/mol. The number of rotatable bonds is 2. The summed E-state index contributed by atoms with van der Waals surface area (Å²) in [5.74, 6) is 0.510. The van der Waals surface area contributed by atoms with E-state index in [-0.39, 0.29) is 12.2 Å². The van der Waals surface area contributed by atoms with Crippen molar-refractivity contribution in [3.05, 3.63) is 35.5 Å². The normalized spacial score (nSPS) is 23.2. The molecule has 1 aliphatic rings. The van der Waals surface area contributed by atoms with Crippen LogP contribution in [-0.4, -0.2) is 36.2 Å². The van der Waals surface area contributed by atoms with Crippen LogP contribution in [0, 0.1) is 0 Å². The maximum atomic E-state index is 6.03. The Morgan fingerprint density at radius 3 is 3.00 bits per heavy atom. The Morgan fingerprint density at radius 1 is 1.35 bits per heavy atom. The largest absolute Gasteiger partial charge is 0.370 e. The summed E-state index contributed by atoms with van der Waals surface area (Å²) >= 11 is 12.0. The number of halogens is 2. The van der Waals surface area contributed by atoms with Crippen LogP contribution in [0.1, 0.15) is 6.92 Å². The summed E-state index contributed by atoms with van der Waals surface area (Å²) in [7, 11) is 0. The monoisotopic (exact) mass is 310 g/mol. The minimum atomic E-state index is 0.0657. The van der Waals surface area contributed by atoms with Gasteiger partial charge in [0.25, 0.3) is 0 Å². The van der Waals surface area contributed by atoms with Gasteiger partial charge in [-0.1, -0.05) is 11.6 Å². The highest BCUT2D eigenvalue weighted by atomic mass is 35.5. The van der Waals surface area contributed by atoms with E-state index >= 15 is 0 Å². The Hall–Kier alpha value is -1.03. The molecule has 0 aliphatic carbocycles. The molecule has 2 heterocycles. The second-order valence-corrected chi connectivity index (χ2v) is 5.86. The Kier molecular flexibility index (Phi) is 4.01. The summed E-state index contributed by atoms with van der Waals surface area (Å²) in [6.45, 7) is 3.73. The molecule has 1 aliphatic heterocycles. The Labute approximate surface area is 128 Å². The van der Waals surface area contributed by atoms with Crippen molar-refractivity contribution in [1.29, 1.82) is 0 Å². The molecule has 0 spiro atoms. The van der Waals surface area contributed by atoms with Crippen molar-refractivity contribution >= 4 is 39.8 Å². The molecule has 0 saturated carbocycles. The van der Waals surface area contributed by atoms with Crippen molar-refractivity contribution in [2.24, 2.45) is 0 Å². The lowest BCUT2D eigenvalue weighted by Gasteiger charge is -2.38. The van der Waals surface area contributed by atoms with E-state index in [0.29, 0.717) is 10.9 Å². The van der Waals surface area contributed by atoms with Gasteiger partial charge < -0.3 is 9.64 Å². The van der Waals surface area contributed by atoms with E-state index in [1.807, 2.05) is 30.5 Å². The maximum Gasteiger partial charge on any atom is 0.0889 e. The van der Waals surface area contributed by atoms with Crippen molar-refractivity contribution < 1.29 is 4.74 Å². The van der Waals surface area contributed by atoms with Gasteiger partial charge in [-0.25, -0.2) is 0 Å². The Balaban J connectivity index is 2.01. The Bertz CT molecular complexity index is 620. The van der Waals surface area contributed by atoms with Crippen LogP contribution >= 0.6 is 23.2 Å². The number of fused-ring (bicyclic) bond motifs is 1. The number of alkyl halides is 1. The van der Waals surface area contributed by atoms with Crippen LogP contribution in [0.2, 0.25) is 5.02 Å². The smallest absolute Gasteiger partial charge is 0.0889 e. The Morgan fingerprint density at radius 2 is 2.20 bits per heavy atom. The van der Waals surface area contributed by atoms with Gasteiger partial charge in [0.1, 0.15) is 0 Å². The number of anilines is 1. The fourth-order valence-electron chi connectivity index (χ4n) is 2.71. The average molecular weight is 311 g/mol.